The molecule has 0 radical (unpaired) electrons. The molecule has 1 fully saturated rings. The van der Waals surface area contributed by atoms with Crippen molar-refractivity contribution >= 4 is 23.0 Å². The van der Waals surface area contributed by atoms with E-state index >= 15 is 0 Å². The monoisotopic (exact) mass is 224 g/mol. The fraction of sp³-hybridized carbons (Fsp3) is 0.400. The molecular formula is C10H11ClN3O+. The Bertz CT molecular complexity index is 396. The van der Waals surface area contributed by atoms with Crippen LogP contribution < -0.4 is 4.90 Å². The summed E-state index contributed by atoms with van der Waals surface area (Å²) in [5, 5.41) is 9.20. The first-order chi connectivity index (χ1) is 7.31. The van der Waals surface area contributed by atoms with Crippen molar-refractivity contribution in [1.29, 1.82) is 5.39 Å². The summed E-state index contributed by atoms with van der Waals surface area (Å²) in [7, 11) is 0. The molecule has 0 bridgehead atoms. The van der Waals surface area contributed by atoms with E-state index < -0.39 is 0 Å². The van der Waals surface area contributed by atoms with Gasteiger partial charge in [-0.2, -0.15) is 0 Å². The molecule has 2 rings (SSSR count). The molecule has 0 N–H and O–H groups in total. The maximum Gasteiger partial charge on any atom is 0.386 e. The molecule has 1 aromatic rings. The number of ether oxygens (including phenoxy) is 1. The summed E-state index contributed by atoms with van der Waals surface area (Å²) in [5.41, 5.74) is 1.43. The highest BCUT2D eigenvalue weighted by atomic mass is 35.5. The zero-order valence-corrected chi connectivity index (χ0v) is 8.94. The molecule has 1 aromatic carbocycles. The van der Waals surface area contributed by atoms with Crippen LogP contribution in [0.15, 0.2) is 18.2 Å². The van der Waals surface area contributed by atoms with Gasteiger partial charge in [-0.15, -0.1) is 0 Å². The third-order valence-electron chi connectivity index (χ3n) is 2.40. The Labute approximate surface area is 93.0 Å². The van der Waals surface area contributed by atoms with Crippen LogP contribution in [0.25, 0.3) is 4.98 Å². The Morgan fingerprint density at radius 2 is 2.07 bits per heavy atom. The maximum atomic E-state index is 8.60. The molecular weight excluding hydrogens is 214 g/mol. The molecule has 0 saturated carbocycles. The molecule has 0 amide bonds. The first-order valence-corrected chi connectivity index (χ1v) is 5.16. The smallest absolute Gasteiger partial charge is 0.378 e. The fourth-order valence-electron chi connectivity index (χ4n) is 1.62. The van der Waals surface area contributed by atoms with E-state index in [-0.39, 0.29) is 0 Å². The van der Waals surface area contributed by atoms with Crippen molar-refractivity contribution in [2.24, 2.45) is 0 Å². The lowest BCUT2D eigenvalue weighted by Crippen LogP contribution is -2.36. The Morgan fingerprint density at radius 3 is 2.67 bits per heavy atom. The minimum atomic E-state index is 0.469. The van der Waals surface area contributed by atoms with Gasteiger partial charge in [0.25, 0.3) is 0 Å². The molecule has 1 aliphatic heterocycles. The number of rotatable bonds is 1. The summed E-state index contributed by atoms with van der Waals surface area (Å²) in [6, 6.07) is 5.24. The lowest BCUT2D eigenvalue weighted by Gasteiger charge is -2.29. The fourth-order valence-corrected chi connectivity index (χ4v) is 1.91. The summed E-state index contributed by atoms with van der Waals surface area (Å²) in [6.07, 6.45) is 0. The zero-order chi connectivity index (χ0) is 10.7. The minimum absolute atomic E-state index is 0.469. The van der Waals surface area contributed by atoms with E-state index in [2.05, 4.69) is 9.88 Å². The standard InChI is InChI=1S/C10H11ClN3O/c11-9-7-8(13-12)1-2-10(9)14-3-5-15-6-4-14/h1-2,7H,3-6H2/q+1. The summed E-state index contributed by atoms with van der Waals surface area (Å²) in [6.45, 7) is 3.13. The molecule has 4 nitrogen and oxygen atoms in total. The highest BCUT2D eigenvalue weighted by Crippen LogP contribution is 2.30. The van der Waals surface area contributed by atoms with Crippen LogP contribution in [0.4, 0.5) is 11.4 Å². The van der Waals surface area contributed by atoms with Crippen molar-refractivity contribution in [2.75, 3.05) is 31.2 Å². The molecule has 15 heavy (non-hydrogen) atoms. The number of diazo groups is 1. The zero-order valence-electron chi connectivity index (χ0n) is 8.19. The van der Waals surface area contributed by atoms with Gasteiger partial charge in [-0.3, -0.25) is 0 Å². The largest absolute Gasteiger partial charge is 0.386 e. The van der Waals surface area contributed by atoms with Crippen molar-refractivity contribution in [2.45, 2.75) is 0 Å². The third-order valence-corrected chi connectivity index (χ3v) is 2.70. The number of anilines is 1. The SMILES string of the molecule is N#[N+]c1ccc(N2CCOCC2)c(Cl)c1. The summed E-state index contributed by atoms with van der Waals surface area (Å²) in [4.78, 5) is 5.25. The lowest BCUT2D eigenvalue weighted by atomic mass is 10.2. The minimum Gasteiger partial charge on any atom is -0.378 e. The Hall–Kier alpha value is -1.31. The number of hydrogen-bond acceptors (Lipinski definition) is 3. The van der Waals surface area contributed by atoms with Crippen LogP contribution in [-0.2, 0) is 4.74 Å². The normalized spacial score (nSPS) is 16.1. The molecule has 0 unspecified atom stereocenters. The predicted octanol–water partition coefficient (Wildman–Crippen LogP) is 2.66. The van der Waals surface area contributed by atoms with Gasteiger partial charge in [-0.1, -0.05) is 11.6 Å². The lowest BCUT2D eigenvalue weighted by molar-refractivity contribution is 0.122. The summed E-state index contributed by atoms with van der Waals surface area (Å²) >= 11 is 6.09. The molecule has 0 spiro atoms. The van der Waals surface area contributed by atoms with Gasteiger partial charge in [-0.25, -0.2) is 0 Å². The van der Waals surface area contributed by atoms with Gasteiger partial charge in [0, 0.05) is 19.2 Å². The summed E-state index contributed by atoms with van der Waals surface area (Å²) in [5.74, 6) is 0. The van der Waals surface area contributed by atoms with Crippen LogP contribution in [0.3, 0.4) is 0 Å². The average molecular weight is 225 g/mol. The van der Waals surface area contributed by atoms with E-state index in [1.807, 2.05) is 6.07 Å². The highest BCUT2D eigenvalue weighted by molar-refractivity contribution is 6.33. The van der Waals surface area contributed by atoms with Gasteiger partial charge in [0.05, 0.1) is 30.0 Å². The van der Waals surface area contributed by atoms with Gasteiger partial charge >= 0.3 is 5.69 Å². The van der Waals surface area contributed by atoms with Crippen LogP contribution in [-0.4, -0.2) is 26.3 Å². The number of benzene rings is 1. The predicted molar refractivity (Wildman–Crippen MR) is 59.2 cm³/mol. The molecule has 1 aliphatic rings. The number of hydrogen-bond donors (Lipinski definition) is 0. The molecule has 0 atom stereocenters. The number of morpholine rings is 1. The van der Waals surface area contributed by atoms with Gasteiger partial charge in [0.1, 0.15) is 0 Å². The van der Waals surface area contributed by atoms with Gasteiger partial charge in [0.2, 0.25) is 5.39 Å². The van der Waals surface area contributed by atoms with Gasteiger partial charge in [0.15, 0.2) is 4.98 Å². The second-order valence-electron chi connectivity index (χ2n) is 3.34. The summed E-state index contributed by atoms with van der Waals surface area (Å²) < 4.78 is 5.26. The van der Waals surface area contributed by atoms with E-state index in [0.717, 1.165) is 32.0 Å². The first-order valence-electron chi connectivity index (χ1n) is 4.78. The Balaban J connectivity index is 2.24. The Kier molecular flexibility index (Phi) is 3.05. The highest BCUT2D eigenvalue weighted by Gasteiger charge is 2.16. The molecule has 1 heterocycles. The van der Waals surface area contributed by atoms with Crippen LogP contribution in [0.5, 0.6) is 0 Å². The van der Waals surface area contributed by atoms with E-state index in [0.29, 0.717) is 10.7 Å². The maximum absolute atomic E-state index is 8.60. The second-order valence-corrected chi connectivity index (χ2v) is 3.74. The van der Waals surface area contributed by atoms with E-state index in [1.165, 1.54) is 0 Å². The van der Waals surface area contributed by atoms with E-state index in [1.54, 1.807) is 12.1 Å². The van der Waals surface area contributed by atoms with Crippen molar-refractivity contribution in [3.8, 4) is 0 Å². The van der Waals surface area contributed by atoms with E-state index in [9.17, 15) is 0 Å². The average Bonchev–Trinajstić information content (AvgIpc) is 2.30. The van der Waals surface area contributed by atoms with Crippen molar-refractivity contribution in [1.82, 2.24) is 0 Å². The van der Waals surface area contributed by atoms with Gasteiger partial charge < -0.3 is 9.64 Å². The first kappa shape index (κ1) is 10.2. The topological polar surface area (TPSA) is 40.6 Å². The van der Waals surface area contributed by atoms with Crippen molar-refractivity contribution < 1.29 is 4.74 Å². The second kappa shape index (κ2) is 4.47. The molecule has 0 aliphatic carbocycles. The van der Waals surface area contributed by atoms with Crippen LogP contribution >= 0.6 is 11.6 Å². The van der Waals surface area contributed by atoms with Gasteiger partial charge in [-0.05, 0) is 6.07 Å². The molecule has 78 valence electrons. The number of nitrogens with zero attached hydrogens (tertiary/aromatic N) is 3. The number of halogens is 1. The van der Waals surface area contributed by atoms with Crippen LogP contribution in [0, 0.1) is 5.39 Å². The van der Waals surface area contributed by atoms with Crippen molar-refractivity contribution in [3.05, 3.63) is 28.2 Å². The quantitative estimate of drug-likeness (QED) is 0.689. The third kappa shape index (κ3) is 2.20. The Morgan fingerprint density at radius 1 is 1.33 bits per heavy atom. The van der Waals surface area contributed by atoms with E-state index in [4.69, 9.17) is 21.7 Å². The molecule has 1 saturated heterocycles. The van der Waals surface area contributed by atoms with Crippen molar-refractivity contribution in [3.63, 3.8) is 0 Å². The molecule has 0 aromatic heterocycles. The van der Waals surface area contributed by atoms with Crippen LogP contribution in [0.2, 0.25) is 5.02 Å². The molecule has 5 heteroatoms. The van der Waals surface area contributed by atoms with Crippen LogP contribution in [0.1, 0.15) is 0 Å².